The van der Waals surface area contributed by atoms with E-state index < -0.39 is 0 Å². The maximum absolute atomic E-state index is 11.9. The van der Waals surface area contributed by atoms with Crippen LogP contribution in [0.25, 0.3) is 0 Å². The summed E-state index contributed by atoms with van der Waals surface area (Å²) < 4.78 is 5.60. The molecule has 1 atom stereocenters. The van der Waals surface area contributed by atoms with E-state index in [0.29, 0.717) is 17.5 Å². The molecule has 0 saturated carbocycles. The van der Waals surface area contributed by atoms with Crippen molar-refractivity contribution in [3.63, 3.8) is 0 Å². The predicted molar refractivity (Wildman–Crippen MR) is 84.9 cm³/mol. The number of nitrogens with zero attached hydrogens (tertiary/aromatic N) is 3. The minimum atomic E-state index is -0.0683. The zero-order valence-corrected chi connectivity index (χ0v) is 13.2. The molecule has 118 valence electrons. The molecule has 1 fully saturated rings. The number of anilines is 1. The van der Waals surface area contributed by atoms with Crippen LogP contribution >= 0.6 is 11.6 Å². The number of piperidine rings is 1. The quantitative estimate of drug-likeness (QED) is 0.630. The Balaban J connectivity index is 1.44. The molecule has 3 rings (SSSR count). The number of carbonyl (C=O) groups excluding carboxylic acids is 1. The average molecular weight is 322 g/mol. The lowest BCUT2D eigenvalue weighted by molar-refractivity contribution is -0.150. The summed E-state index contributed by atoms with van der Waals surface area (Å²) >= 11 is 5.75. The number of ether oxygens (including phenoxy) is 1. The van der Waals surface area contributed by atoms with Crippen LogP contribution in [0.15, 0.2) is 24.3 Å². The van der Waals surface area contributed by atoms with E-state index in [1.54, 1.807) is 6.07 Å². The van der Waals surface area contributed by atoms with Crippen LogP contribution in [0.3, 0.4) is 0 Å². The standard InChI is InChI=1S/C16H20ClN3O2/c17-14-5-6-15(19-18-14)20-9-7-13(8-10-20)22-16(21)11-12-3-1-2-4-12/h1,3,5-6,12-13H,2,4,7-11H2. The van der Waals surface area contributed by atoms with Crippen LogP contribution < -0.4 is 4.90 Å². The van der Waals surface area contributed by atoms with Crippen molar-refractivity contribution >= 4 is 23.4 Å². The van der Waals surface area contributed by atoms with Gasteiger partial charge in [-0.1, -0.05) is 23.8 Å². The highest BCUT2D eigenvalue weighted by Crippen LogP contribution is 2.23. The number of carbonyl (C=O) groups is 1. The highest BCUT2D eigenvalue weighted by atomic mass is 35.5. The van der Waals surface area contributed by atoms with Crippen LogP contribution in [0.1, 0.15) is 32.1 Å². The fourth-order valence-electron chi connectivity index (χ4n) is 2.99. The Kier molecular flexibility index (Phi) is 4.93. The zero-order valence-electron chi connectivity index (χ0n) is 12.4. The number of hydrogen-bond acceptors (Lipinski definition) is 5. The van der Waals surface area contributed by atoms with Crippen LogP contribution in [0.4, 0.5) is 5.82 Å². The molecule has 0 radical (unpaired) electrons. The Bertz CT molecular complexity index is 539. The molecule has 0 bridgehead atoms. The Hall–Kier alpha value is -1.62. The van der Waals surface area contributed by atoms with Crippen LogP contribution in [-0.2, 0) is 9.53 Å². The number of rotatable bonds is 4. The topological polar surface area (TPSA) is 55.3 Å². The van der Waals surface area contributed by atoms with Crippen LogP contribution in [0, 0.1) is 5.92 Å². The number of hydrogen-bond donors (Lipinski definition) is 0. The first kappa shape index (κ1) is 15.3. The van der Waals surface area contributed by atoms with E-state index in [4.69, 9.17) is 16.3 Å². The van der Waals surface area contributed by atoms with E-state index in [2.05, 4.69) is 27.2 Å². The van der Waals surface area contributed by atoms with Gasteiger partial charge in [0, 0.05) is 25.9 Å². The predicted octanol–water partition coefficient (Wildman–Crippen LogP) is 3.00. The molecule has 1 aromatic rings. The highest BCUT2D eigenvalue weighted by molar-refractivity contribution is 6.29. The van der Waals surface area contributed by atoms with E-state index in [0.717, 1.165) is 44.6 Å². The van der Waals surface area contributed by atoms with E-state index in [9.17, 15) is 4.79 Å². The van der Waals surface area contributed by atoms with Gasteiger partial charge in [0.15, 0.2) is 11.0 Å². The third-order valence-corrected chi connectivity index (χ3v) is 4.42. The van der Waals surface area contributed by atoms with Gasteiger partial charge in [0.05, 0.1) is 6.42 Å². The first-order valence-electron chi connectivity index (χ1n) is 7.81. The molecular weight excluding hydrogens is 302 g/mol. The molecule has 0 amide bonds. The summed E-state index contributed by atoms with van der Waals surface area (Å²) in [7, 11) is 0. The Morgan fingerprint density at radius 3 is 2.73 bits per heavy atom. The van der Waals surface area contributed by atoms with Gasteiger partial charge in [-0.2, -0.15) is 0 Å². The minimum absolute atomic E-state index is 0.0226. The maximum atomic E-state index is 11.9. The summed E-state index contributed by atoms with van der Waals surface area (Å²) in [6, 6.07) is 3.61. The number of aromatic nitrogens is 2. The van der Waals surface area contributed by atoms with E-state index in [-0.39, 0.29) is 12.1 Å². The molecule has 6 heteroatoms. The van der Waals surface area contributed by atoms with Crippen LogP contribution in [0.2, 0.25) is 5.15 Å². The highest BCUT2D eigenvalue weighted by Gasteiger charge is 2.24. The molecule has 0 aromatic carbocycles. The third kappa shape index (κ3) is 3.97. The van der Waals surface area contributed by atoms with Crippen LogP contribution in [0.5, 0.6) is 0 Å². The molecule has 1 unspecified atom stereocenters. The SMILES string of the molecule is O=C(CC1C=CCC1)OC1CCN(c2ccc(Cl)nn2)CC1. The van der Waals surface area contributed by atoms with Gasteiger partial charge in [-0.05, 0) is 30.9 Å². The Morgan fingerprint density at radius 2 is 2.09 bits per heavy atom. The summed E-state index contributed by atoms with van der Waals surface area (Å²) in [5.41, 5.74) is 0. The molecule has 1 aliphatic carbocycles. The monoisotopic (exact) mass is 321 g/mol. The van der Waals surface area contributed by atoms with Gasteiger partial charge in [0.25, 0.3) is 0 Å². The number of esters is 1. The minimum Gasteiger partial charge on any atom is -0.462 e. The first-order chi connectivity index (χ1) is 10.7. The van der Waals surface area contributed by atoms with Gasteiger partial charge in [-0.25, -0.2) is 0 Å². The average Bonchev–Trinajstić information content (AvgIpc) is 3.02. The van der Waals surface area contributed by atoms with Crippen molar-refractivity contribution in [3.05, 3.63) is 29.4 Å². The Morgan fingerprint density at radius 1 is 1.27 bits per heavy atom. The molecular formula is C16H20ClN3O2. The fourth-order valence-corrected chi connectivity index (χ4v) is 3.09. The largest absolute Gasteiger partial charge is 0.462 e. The summed E-state index contributed by atoms with van der Waals surface area (Å²) in [6.45, 7) is 1.63. The van der Waals surface area contributed by atoms with Gasteiger partial charge < -0.3 is 9.64 Å². The molecule has 1 aromatic heterocycles. The van der Waals surface area contributed by atoms with E-state index >= 15 is 0 Å². The summed E-state index contributed by atoms with van der Waals surface area (Å²) in [5.74, 6) is 1.13. The van der Waals surface area contributed by atoms with Gasteiger partial charge >= 0.3 is 5.97 Å². The zero-order chi connectivity index (χ0) is 15.4. The summed E-state index contributed by atoms with van der Waals surface area (Å²) in [5, 5.41) is 8.34. The van der Waals surface area contributed by atoms with Crippen molar-refractivity contribution in [1.82, 2.24) is 10.2 Å². The van der Waals surface area contributed by atoms with Gasteiger partial charge in [-0.3, -0.25) is 4.79 Å². The molecule has 2 heterocycles. The van der Waals surface area contributed by atoms with Gasteiger partial charge in [-0.15, -0.1) is 10.2 Å². The van der Waals surface area contributed by atoms with Crippen LogP contribution in [-0.4, -0.2) is 35.4 Å². The first-order valence-corrected chi connectivity index (χ1v) is 8.19. The Labute approximate surface area is 135 Å². The smallest absolute Gasteiger partial charge is 0.306 e. The summed E-state index contributed by atoms with van der Waals surface area (Å²) in [6.07, 6.45) is 8.62. The van der Waals surface area contributed by atoms with E-state index in [1.807, 2.05) is 6.07 Å². The molecule has 0 spiro atoms. The van der Waals surface area contributed by atoms with Crippen molar-refractivity contribution in [3.8, 4) is 0 Å². The molecule has 1 saturated heterocycles. The third-order valence-electron chi connectivity index (χ3n) is 4.22. The second-order valence-corrected chi connectivity index (χ2v) is 6.25. The lowest BCUT2D eigenvalue weighted by Gasteiger charge is -2.32. The molecule has 22 heavy (non-hydrogen) atoms. The lowest BCUT2D eigenvalue weighted by Crippen LogP contribution is -2.38. The van der Waals surface area contributed by atoms with Crippen molar-refractivity contribution in [2.75, 3.05) is 18.0 Å². The number of allylic oxidation sites excluding steroid dienone is 2. The van der Waals surface area contributed by atoms with E-state index in [1.165, 1.54) is 0 Å². The van der Waals surface area contributed by atoms with Gasteiger partial charge in [0.1, 0.15) is 6.10 Å². The second-order valence-electron chi connectivity index (χ2n) is 5.86. The lowest BCUT2D eigenvalue weighted by atomic mass is 10.0. The van der Waals surface area contributed by atoms with Crippen molar-refractivity contribution in [2.24, 2.45) is 5.92 Å². The fraction of sp³-hybridized carbons (Fsp3) is 0.562. The summed E-state index contributed by atoms with van der Waals surface area (Å²) in [4.78, 5) is 14.1. The molecule has 2 aliphatic rings. The van der Waals surface area contributed by atoms with Crippen molar-refractivity contribution < 1.29 is 9.53 Å². The molecule has 0 N–H and O–H groups in total. The van der Waals surface area contributed by atoms with Crippen molar-refractivity contribution in [1.29, 1.82) is 0 Å². The molecule has 5 nitrogen and oxygen atoms in total. The molecule has 1 aliphatic heterocycles. The normalized spacial score (nSPS) is 22.0. The number of halogens is 1. The van der Waals surface area contributed by atoms with Crippen molar-refractivity contribution in [2.45, 2.75) is 38.2 Å². The maximum Gasteiger partial charge on any atom is 0.306 e. The van der Waals surface area contributed by atoms with Gasteiger partial charge in [0.2, 0.25) is 0 Å². The second kappa shape index (κ2) is 7.09.